The third kappa shape index (κ3) is 4.86. The zero-order chi connectivity index (χ0) is 15.3. The van der Waals surface area contributed by atoms with Gasteiger partial charge in [0.2, 0.25) is 17.7 Å². The Morgan fingerprint density at radius 3 is 2.75 bits per heavy atom. The molecule has 1 aliphatic rings. The lowest BCUT2D eigenvalue weighted by atomic mass is 10.2. The Morgan fingerprint density at radius 2 is 2.15 bits per heavy atom. The zero-order valence-electron chi connectivity index (χ0n) is 11.7. The van der Waals surface area contributed by atoms with E-state index in [0.29, 0.717) is 24.5 Å². The molecule has 112 valence electrons. The highest BCUT2D eigenvalue weighted by Gasteiger charge is 2.30. The van der Waals surface area contributed by atoms with E-state index in [1.54, 1.807) is 23.8 Å². The van der Waals surface area contributed by atoms with Crippen molar-refractivity contribution in [3.63, 3.8) is 0 Å². The van der Waals surface area contributed by atoms with Crippen LogP contribution in [0.1, 0.15) is 19.8 Å². The Kier molecular flexibility index (Phi) is 6.03. The molecule has 3 N–H and O–H groups in total. The van der Waals surface area contributed by atoms with Crippen LogP contribution in [0.5, 0.6) is 0 Å². The number of hydrogen-bond acceptors (Lipinski definition) is 5. The lowest BCUT2D eigenvalue weighted by molar-refractivity contribution is -0.141. The van der Waals surface area contributed by atoms with Crippen LogP contribution < -0.4 is 11.1 Å². The zero-order valence-corrected chi connectivity index (χ0v) is 12.5. The third-order valence-corrected chi connectivity index (χ3v) is 3.47. The van der Waals surface area contributed by atoms with E-state index < -0.39 is 6.04 Å². The molecule has 1 saturated heterocycles. The predicted molar refractivity (Wildman–Crippen MR) is 77.8 cm³/mol. The Morgan fingerprint density at radius 1 is 1.50 bits per heavy atom. The summed E-state index contributed by atoms with van der Waals surface area (Å²) in [5.74, 6) is -0.718. The average Bonchev–Trinajstić information content (AvgIpc) is 2.37. The molecule has 1 unspecified atom stereocenters. The van der Waals surface area contributed by atoms with E-state index in [1.165, 1.54) is 0 Å². The van der Waals surface area contributed by atoms with Gasteiger partial charge in [-0.05, 0) is 6.92 Å². The minimum atomic E-state index is -0.401. The summed E-state index contributed by atoms with van der Waals surface area (Å²) < 4.78 is 0. The number of thiocarbonyl (C=S) groups is 1. The second-order valence-electron chi connectivity index (χ2n) is 4.84. The number of carbonyl (C=O) groups is 3. The van der Waals surface area contributed by atoms with Gasteiger partial charge in [-0.25, -0.2) is 0 Å². The summed E-state index contributed by atoms with van der Waals surface area (Å²) in [4.78, 5) is 38.3. The number of nitrogens with two attached hydrogens (primary N) is 1. The van der Waals surface area contributed by atoms with Crippen LogP contribution in [0.3, 0.4) is 0 Å². The van der Waals surface area contributed by atoms with Gasteiger partial charge >= 0.3 is 0 Å². The van der Waals surface area contributed by atoms with Gasteiger partial charge in [-0.1, -0.05) is 12.2 Å². The summed E-state index contributed by atoms with van der Waals surface area (Å²) in [6.07, 6.45) is 0.733. The maximum atomic E-state index is 11.9. The van der Waals surface area contributed by atoms with Crippen molar-refractivity contribution in [1.29, 1.82) is 0 Å². The molecule has 0 spiro atoms. The van der Waals surface area contributed by atoms with E-state index in [2.05, 4.69) is 5.32 Å². The molecule has 0 aromatic carbocycles. The number of rotatable bonds is 6. The van der Waals surface area contributed by atoms with Gasteiger partial charge in [-0.3, -0.25) is 24.6 Å². The lowest BCUT2D eigenvalue weighted by Crippen LogP contribution is -2.57. The number of nitrogens with zero attached hydrogens (tertiary/aromatic N) is 2. The molecular weight excluding hydrogens is 280 g/mol. The highest BCUT2D eigenvalue weighted by atomic mass is 32.1. The minimum absolute atomic E-state index is 0.0631. The predicted octanol–water partition coefficient (Wildman–Crippen LogP) is -1.14. The summed E-state index contributed by atoms with van der Waals surface area (Å²) in [6.45, 7) is 2.69. The van der Waals surface area contributed by atoms with Gasteiger partial charge in [0.25, 0.3) is 0 Å². The van der Waals surface area contributed by atoms with Crippen molar-refractivity contribution in [2.45, 2.75) is 25.8 Å². The van der Waals surface area contributed by atoms with Gasteiger partial charge in [0.1, 0.15) is 0 Å². The molecule has 0 radical (unpaired) electrons. The molecule has 0 aromatic rings. The molecule has 1 aliphatic heterocycles. The van der Waals surface area contributed by atoms with Crippen molar-refractivity contribution in [3.05, 3.63) is 0 Å². The van der Waals surface area contributed by atoms with Crippen LogP contribution in [-0.4, -0.2) is 65.2 Å². The van der Waals surface area contributed by atoms with Gasteiger partial charge in [0.05, 0.1) is 17.6 Å². The van der Waals surface area contributed by atoms with Crippen LogP contribution in [0.2, 0.25) is 0 Å². The molecule has 0 saturated carbocycles. The normalized spacial score (nSPS) is 19.6. The monoisotopic (exact) mass is 300 g/mol. The van der Waals surface area contributed by atoms with Crippen molar-refractivity contribution in [2.75, 3.05) is 26.7 Å². The van der Waals surface area contributed by atoms with E-state index in [9.17, 15) is 14.4 Å². The summed E-state index contributed by atoms with van der Waals surface area (Å²) in [6, 6.07) is -0.401. The average molecular weight is 300 g/mol. The fourth-order valence-corrected chi connectivity index (χ4v) is 1.97. The standard InChI is InChI=1S/C12H20N4O3S/c1-8-12(19)14-10(17)7-16(8)6-4-11(18)15(2)5-3-9(13)20/h8H,3-7H2,1-2H3,(H2,13,20)(H,14,17,19). The summed E-state index contributed by atoms with van der Waals surface area (Å²) in [5, 5.41) is 2.26. The highest BCUT2D eigenvalue weighted by Crippen LogP contribution is 2.06. The second-order valence-corrected chi connectivity index (χ2v) is 5.36. The van der Waals surface area contributed by atoms with Gasteiger partial charge in [-0.2, -0.15) is 0 Å². The number of piperazine rings is 1. The minimum Gasteiger partial charge on any atom is -0.393 e. The maximum absolute atomic E-state index is 11.9. The van der Waals surface area contributed by atoms with Crippen LogP contribution in [0.4, 0.5) is 0 Å². The molecular formula is C12H20N4O3S. The fraction of sp³-hybridized carbons (Fsp3) is 0.667. The maximum Gasteiger partial charge on any atom is 0.243 e. The van der Waals surface area contributed by atoms with E-state index >= 15 is 0 Å². The van der Waals surface area contributed by atoms with E-state index in [-0.39, 0.29) is 30.7 Å². The largest absolute Gasteiger partial charge is 0.393 e. The molecule has 0 aromatic heterocycles. The van der Waals surface area contributed by atoms with Crippen LogP contribution in [-0.2, 0) is 14.4 Å². The molecule has 8 heteroatoms. The SMILES string of the molecule is CC1C(=O)NC(=O)CN1CCC(=O)N(C)CCC(N)=S. The molecule has 1 rings (SSSR count). The van der Waals surface area contributed by atoms with Gasteiger partial charge in [0, 0.05) is 33.0 Å². The number of amides is 3. The molecule has 1 atom stereocenters. The number of nitrogens with one attached hydrogen (secondary N) is 1. The Bertz CT molecular complexity index is 427. The lowest BCUT2D eigenvalue weighted by Gasteiger charge is -2.31. The summed E-state index contributed by atoms with van der Waals surface area (Å²) in [5.41, 5.74) is 5.38. The van der Waals surface area contributed by atoms with E-state index in [1.807, 2.05) is 0 Å². The van der Waals surface area contributed by atoms with Crippen molar-refractivity contribution < 1.29 is 14.4 Å². The smallest absolute Gasteiger partial charge is 0.243 e. The molecule has 1 fully saturated rings. The first-order chi connectivity index (χ1) is 9.31. The van der Waals surface area contributed by atoms with E-state index in [0.717, 1.165) is 0 Å². The van der Waals surface area contributed by atoms with Crippen molar-refractivity contribution >= 4 is 34.9 Å². The molecule has 3 amide bonds. The third-order valence-electron chi connectivity index (χ3n) is 3.27. The first-order valence-corrected chi connectivity index (χ1v) is 6.82. The second kappa shape index (κ2) is 7.30. The van der Waals surface area contributed by atoms with Gasteiger partial charge in [-0.15, -0.1) is 0 Å². The van der Waals surface area contributed by atoms with Gasteiger partial charge < -0.3 is 10.6 Å². The van der Waals surface area contributed by atoms with Crippen molar-refractivity contribution in [1.82, 2.24) is 15.1 Å². The van der Waals surface area contributed by atoms with Crippen LogP contribution in [0.25, 0.3) is 0 Å². The summed E-state index contributed by atoms with van der Waals surface area (Å²) >= 11 is 4.76. The Labute approximate surface area is 123 Å². The molecule has 1 heterocycles. The molecule has 20 heavy (non-hydrogen) atoms. The number of hydrogen-bond donors (Lipinski definition) is 2. The van der Waals surface area contributed by atoms with Crippen molar-refractivity contribution in [2.24, 2.45) is 5.73 Å². The number of imide groups is 1. The molecule has 7 nitrogen and oxygen atoms in total. The topological polar surface area (TPSA) is 95.7 Å². The first kappa shape index (κ1) is 16.5. The fourth-order valence-electron chi connectivity index (χ4n) is 1.87. The Hall–Kier alpha value is -1.54. The quantitative estimate of drug-likeness (QED) is 0.475. The summed E-state index contributed by atoms with van der Waals surface area (Å²) in [7, 11) is 1.68. The Balaban J connectivity index is 2.41. The highest BCUT2D eigenvalue weighted by molar-refractivity contribution is 7.80. The molecule has 0 bridgehead atoms. The first-order valence-electron chi connectivity index (χ1n) is 6.41. The van der Waals surface area contributed by atoms with Crippen LogP contribution in [0.15, 0.2) is 0 Å². The van der Waals surface area contributed by atoms with Crippen LogP contribution >= 0.6 is 12.2 Å². The molecule has 0 aliphatic carbocycles. The number of carbonyl (C=O) groups excluding carboxylic acids is 3. The van der Waals surface area contributed by atoms with Crippen molar-refractivity contribution in [3.8, 4) is 0 Å². The van der Waals surface area contributed by atoms with Crippen LogP contribution in [0, 0.1) is 0 Å². The van der Waals surface area contributed by atoms with E-state index in [4.69, 9.17) is 18.0 Å². The van der Waals surface area contributed by atoms with Gasteiger partial charge in [0.15, 0.2) is 0 Å².